The van der Waals surface area contributed by atoms with Crippen LogP contribution in [0.3, 0.4) is 0 Å². The molecular formula is CH4N2O4S. The molecule has 0 aliphatic rings. The Morgan fingerprint density at radius 1 is 1.62 bits per heavy atom. The normalized spacial score (nSPS) is 11.1. The minimum absolute atomic E-state index is 1.00. The van der Waals surface area contributed by atoms with Gasteiger partial charge in [-0.1, -0.05) is 0 Å². The first-order chi connectivity index (χ1) is 3.42. The molecule has 0 unspecified atom stereocenters. The lowest BCUT2D eigenvalue weighted by Gasteiger charge is -1.85. The summed E-state index contributed by atoms with van der Waals surface area (Å²) in [5, 5.41) is 13.6. The average molecular weight is 140 g/mol. The summed E-state index contributed by atoms with van der Waals surface area (Å²) < 4.78 is 19.6. The number of nitrogens with two attached hydrogens (primary N) is 1. The van der Waals surface area contributed by atoms with Crippen molar-refractivity contribution >= 4 is 10.0 Å². The highest BCUT2D eigenvalue weighted by Crippen LogP contribution is 1.74. The molecule has 0 fully saturated rings. The lowest BCUT2D eigenvalue weighted by Crippen LogP contribution is -2.21. The number of primary sulfonamides is 1. The molecule has 7 heteroatoms. The lowest BCUT2D eigenvalue weighted by atomic mass is 11.5. The molecule has 0 saturated carbocycles. The predicted octanol–water partition coefficient (Wildman–Crippen LogP) is -1.49. The van der Waals surface area contributed by atoms with Gasteiger partial charge in [-0.3, -0.25) is 10.1 Å². The standard InChI is InChI=1S/CH4N2O4S/c2-8(6,7)1-3(4)5/h1H2,(H2,2,6,7). The molecule has 2 N–H and O–H groups in total. The summed E-state index contributed by atoms with van der Waals surface area (Å²) in [4.78, 5) is 8.36. The molecule has 0 atom stereocenters. The van der Waals surface area contributed by atoms with Gasteiger partial charge in [-0.15, -0.1) is 0 Å². The van der Waals surface area contributed by atoms with E-state index in [1.54, 1.807) is 0 Å². The minimum atomic E-state index is -3.92. The van der Waals surface area contributed by atoms with Gasteiger partial charge < -0.3 is 0 Å². The molecule has 0 aromatic carbocycles. The monoisotopic (exact) mass is 140 g/mol. The Morgan fingerprint density at radius 2 is 2.00 bits per heavy atom. The van der Waals surface area contributed by atoms with Gasteiger partial charge in [-0.05, 0) is 0 Å². The maximum atomic E-state index is 9.78. The van der Waals surface area contributed by atoms with Crippen molar-refractivity contribution < 1.29 is 13.3 Å². The number of rotatable bonds is 2. The maximum absolute atomic E-state index is 9.78. The van der Waals surface area contributed by atoms with Crippen LogP contribution >= 0.6 is 0 Å². The molecule has 0 spiro atoms. The first kappa shape index (κ1) is 7.31. The third kappa shape index (κ3) is 5.31. The fourth-order valence-corrected chi connectivity index (χ4v) is 0.441. The van der Waals surface area contributed by atoms with E-state index in [9.17, 15) is 18.5 Å². The fourth-order valence-electron chi connectivity index (χ4n) is 0.147. The third-order valence-corrected chi connectivity index (χ3v) is 0.856. The molecule has 0 radical (unpaired) electrons. The van der Waals surface area contributed by atoms with Gasteiger partial charge >= 0.3 is 5.88 Å². The van der Waals surface area contributed by atoms with Crippen LogP contribution in [0.5, 0.6) is 0 Å². The van der Waals surface area contributed by atoms with Crippen LogP contribution in [0.25, 0.3) is 0 Å². The van der Waals surface area contributed by atoms with Crippen LogP contribution in [0.4, 0.5) is 0 Å². The molecule has 0 bridgehead atoms. The number of nitrogens with zero attached hydrogens (tertiary/aromatic N) is 1. The van der Waals surface area contributed by atoms with Gasteiger partial charge in [0.05, 0.1) is 0 Å². The molecular weight excluding hydrogens is 136 g/mol. The van der Waals surface area contributed by atoms with Gasteiger partial charge in [-0.25, -0.2) is 13.6 Å². The first-order valence-electron chi connectivity index (χ1n) is 1.54. The number of nitro groups is 1. The maximum Gasteiger partial charge on any atom is 0.314 e. The molecule has 0 aliphatic carbocycles. The summed E-state index contributed by atoms with van der Waals surface area (Å²) >= 11 is 0. The van der Waals surface area contributed by atoms with Crippen molar-refractivity contribution in [3.63, 3.8) is 0 Å². The van der Waals surface area contributed by atoms with E-state index >= 15 is 0 Å². The van der Waals surface area contributed by atoms with Gasteiger partial charge in [0.25, 0.3) is 10.0 Å². The largest absolute Gasteiger partial charge is 0.314 e. The van der Waals surface area contributed by atoms with Crippen LogP contribution in [-0.4, -0.2) is 19.2 Å². The van der Waals surface area contributed by atoms with Crippen molar-refractivity contribution in [1.29, 1.82) is 0 Å². The Hall–Kier alpha value is -0.690. The molecule has 0 aromatic heterocycles. The average Bonchev–Trinajstić information content (AvgIpc) is 1.21. The zero-order valence-electron chi connectivity index (χ0n) is 3.77. The summed E-state index contributed by atoms with van der Waals surface area (Å²) in [5.41, 5.74) is 0. The highest BCUT2D eigenvalue weighted by molar-refractivity contribution is 7.88. The van der Waals surface area contributed by atoms with Gasteiger partial charge in [0.2, 0.25) is 0 Å². The Labute approximate surface area is 45.5 Å². The summed E-state index contributed by atoms with van der Waals surface area (Å²) in [7, 11) is -3.92. The van der Waals surface area contributed by atoms with Crippen LogP contribution in [0.2, 0.25) is 0 Å². The molecule has 0 amide bonds. The molecule has 0 heterocycles. The summed E-state index contributed by atoms with van der Waals surface area (Å²) in [5.74, 6) is -1.20. The Balaban J connectivity index is 3.95. The van der Waals surface area contributed by atoms with Crippen molar-refractivity contribution in [1.82, 2.24) is 0 Å². The van der Waals surface area contributed by atoms with E-state index in [0.29, 0.717) is 0 Å². The zero-order chi connectivity index (χ0) is 6.78. The second-order valence-corrected chi connectivity index (χ2v) is 2.71. The van der Waals surface area contributed by atoms with Crippen molar-refractivity contribution in [2.24, 2.45) is 5.14 Å². The fraction of sp³-hybridized carbons (Fsp3) is 1.00. The summed E-state index contributed by atoms with van der Waals surface area (Å²) in [6.07, 6.45) is 0. The topological polar surface area (TPSA) is 103 Å². The van der Waals surface area contributed by atoms with Crippen LogP contribution < -0.4 is 5.14 Å². The van der Waals surface area contributed by atoms with Crippen LogP contribution in [0.15, 0.2) is 0 Å². The van der Waals surface area contributed by atoms with Crippen LogP contribution in [-0.2, 0) is 10.0 Å². The quantitative estimate of drug-likeness (QED) is 0.372. The smallest absolute Gasteiger partial charge is 0.263 e. The van der Waals surface area contributed by atoms with Gasteiger partial charge in [0.15, 0.2) is 0 Å². The van der Waals surface area contributed by atoms with Crippen LogP contribution in [0.1, 0.15) is 0 Å². The summed E-state index contributed by atoms with van der Waals surface area (Å²) in [6, 6.07) is 0. The van der Waals surface area contributed by atoms with Crippen molar-refractivity contribution in [2.75, 3.05) is 5.88 Å². The Kier molecular flexibility index (Phi) is 1.88. The highest BCUT2D eigenvalue weighted by atomic mass is 32.2. The van der Waals surface area contributed by atoms with E-state index in [-0.39, 0.29) is 0 Å². The molecule has 0 aliphatic heterocycles. The predicted molar refractivity (Wildman–Crippen MR) is 25.0 cm³/mol. The van der Waals surface area contributed by atoms with Crippen molar-refractivity contribution in [2.45, 2.75) is 0 Å². The number of hydrogen-bond donors (Lipinski definition) is 1. The third-order valence-electron chi connectivity index (χ3n) is 0.285. The molecule has 0 saturated heterocycles. The highest BCUT2D eigenvalue weighted by Gasteiger charge is 2.09. The van der Waals surface area contributed by atoms with Gasteiger partial charge in [-0.2, -0.15) is 0 Å². The van der Waals surface area contributed by atoms with E-state index in [4.69, 9.17) is 0 Å². The molecule has 0 aromatic rings. The molecule has 48 valence electrons. The SMILES string of the molecule is NS(=O)(=O)C[N+](=O)[O-]. The van der Waals surface area contributed by atoms with E-state index in [2.05, 4.69) is 5.14 Å². The second kappa shape index (κ2) is 2.05. The van der Waals surface area contributed by atoms with Crippen molar-refractivity contribution in [3.05, 3.63) is 10.1 Å². The molecule has 0 rings (SSSR count). The molecule has 8 heavy (non-hydrogen) atoms. The minimum Gasteiger partial charge on any atom is -0.263 e. The Morgan fingerprint density at radius 3 is 2.00 bits per heavy atom. The van der Waals surface area contributed by atoms with Gasteiger partial charge in [0.1, 0.15) is 0 Å². The first-order valence-corrected chi connectivity index (χ1v) is 3.25. The molecule has 6 nitrogen and oxygen atoms in total. The van der Waals surface area contributed by atoms with Crippen molar-refractivity contribution in [3.8, 4) is 0 Å². The number of sulfonamides is 1. The summed E-state index contributed by atoms with van der Waals surface area (Å²) in [6.45, 7) is 0. The Bertz CT molecular complexity index is 180. The number of hydrogen-bond acceptors (Lipinski definition) is 4. The van der Waals surface area contributed by atoms with Gasteiger partial charge in [0, 0.05) is 4.92 Å². The van der Waals surface area contributed by atoms with E-state index in [1.807, 2.05) is 0 Å². The van der Waals surface area contributed by atoms with Crippen LogP contribution in [0, 0.1) is 10.1 Å². The lowest BCUT2D eigenvalue weighted by molar-refractivity contribution is -0.458. The van der Waals surface area contributed by atoms with E-state index < -0.39 is 20.8 Å². The zero-order valence-corrected chi connectivity index (χ0v) is 4.59. The van der Waals surface area contributed by atoms with E-state index in [1.165, 1.54) is 0 Å². The van der Waals surface area contributed by atoms with E-state index in [0.717, 1.165) is 0 Å². The second-order valence-electron chi connectivity index (χ2n) is 1.12.